The van der Waals surface area contributed by atoms with E-state index >= 15 is 0 Å². The molecule has 2 heterocycles. The Morgan fingerprint density at radius 3 is 2.50 bits per heavy atom. The van der Waals surface area contributed by atoms with Gasteiger partial charge in [-0.2, -0.15) is 5.10 Å². The Balaban J connectivity index is 1.52. The maximum Gasteiger partial charge on any atom is 0.274 e. The van der Waals surface area contributed by atoms with Gasteiger partial charge in [-0.1, -0.05) is 0 Å². The predicted molar refractivity (Wildman–Crippen MR) is 102 cm³/mol. The van der Waals surface area contributed by atoms with E-state index in [4.69, 9.17) is 0 Å². The van der Waals surface area contributed by atoms with E-state index in [9.17, 15) is 14.0 Å². The number of likely N-dealkylation sites (N-methyl/N-ethyl adjacent to an activating group) is 1. The second kappa shape index (κ2) is 7.71. The lowest BCUT2D eigenvalue weighted by molar-refractivity contribution is -0.122. The van der Waals surface area contributed by atoms with Gasteiger partial charge in [0.2, 0.25) is 5.91 Å². The van der Waals surface area contributed by atoms with Crippen molar-refractivity contribution < 1.29 is 14.0 Å². The highest BCUT2D eigenvalue weighted by Gasteiger charge is 2.31. The van der Waals surface area contributed by atoms with Crippen molar-refractivity contribution in [2.45, 2.75) is 19.3 Å². The van der Waals surface area contributed by atoms with E-state index in [0.29, 0.717) is 38.4 Å². The van der Waals surface area contributed by atoms with E-state index in [0.717, 1.165) is 36.2 Å². The van der Waals surface area contributed by atoms with E-state index in [1.165, 1.54) is 12.1 Å². The molecule has 28 heavy (non-hydrogen) atoms. The van der Waals surface area contributed by atoms with Crippen LogP contribution in [0.15, 0.2) is 24.3 Å². The third-order valence-electron chi connectivity index (χ3n) is 5.51. The second-order valence-corrected chi connectivity index (χ2v) is 7.26. The molecule has 148 valence electrons. The average Bonchev–Trinajstić information content (AvgIpc) is 3.31. The molecule has 1 aliphatic heterocycles. The summed E-state index contributed by atoms with van der Waals surface area (Å²) in [5, 5.41) is 7.24. The van der Waals surface area contributed by atoms with Crippen LogP contribution in [0.2, 0.25) is 0 Å². The largest absolute Gasteiger partial charge is 0.358 e. The monoisotopic (exact) mass is 385 g/mol. The average molecular weight is 385 g/mol. The zero-order valence-electron chi connectivity index (χ0n) is 15.9. The van der Waals surface area contributed by atoms with Crippen molar-refractivity contribution >= 4 is 11.8 Å². The molecule has 1 aliphatic carbocycles. The molecule has 2 aliphatic rings. The highest BCUT2D eigenvalue weighted by Crippen LogP contribution is 2.28. The summed E-state index contributed by atoms with van der Waals surface area (Å²) in [5.41, 5.74) is 3.35. The quantitative estimate of drug-likeness (QED) is 0.853. The summed E-state index contributed by atoms with van der Waals surface area (Å²) >= 11 is 0. The molecule has 0 spiro atoms. The molecule has 7 nitrogen and oxygen atoms in total. The van der Waals surface area contributed by atoms with Crippen molar-refractivity contribution in [1.82, 2.24) is 24.9 Å². The van der Waals surface area contributed by atoms with Gasteiger partial charge in [0.25, 0.3) is 5.91 Å². The van der Waals surface area contributed by atoms with Gasteiger partial charge in [0, 0.05) is 44.5 Å². The summed E-state index contributed by atoms with van der Waals surface area (Å²) in [6, 6.07) is 6.19. The number of fused-ring (bicyclic) bond motifs is 1. The molecule has 1 saturated heterocycles. The van der Waals surface area contributed by atoms with Crippen LogP contribution in [0.25, 0.3) is 5.69 Å². The second-order valence-electron chi connectivity index (χ2n) is 7.26. The van der Waals surface area contributed by atoms with Crippen LogP contribution in [0.1, 0.15) is 28.2 Å². The summed E-state index contributed by atoms with van der Waals surface area (Å²) in [5.74, 6) is -0.368. The molecule has 0 atom stereocenters. The van der Waals surface area contributed by atoms with Gasteiger partial charge in [0.15, 0.2) is 5.69 Å². The fraction of sp³-hybridized carbons (Fsp3) is 0.450. The van der Waals surface area contributed by atoms with Gasteiger partial charge in [-0.05, 0) is 43.5 Å². The number of hydrogen-bond donors (Lipinski definition) is 1. The molecular weight excluding hydrogens is 361 g/mol. The first kappa shape index (κ1) is 18.6. The number of hydrogen-bond acceptors (Lipinski definition) is 4. The molecule has 2 aromatic rings. The molecule has 1 N–H and O–H groups in total. The first-order valence-electron chi connectivity index (χ1n) is 9.65. The number of halogens is 1. The van der Waals surface area contributed by atoms with Gasteiger partial charge in [-0.25, -0.2) is 9.07 Å². The van der Waals surface area contributed by atoms with Gasteiger partial charge >= 0.3 is 0 Å². The van der Waals surface area contributed by atoms with Crippen LogP contribution in [0.4, 0.5) is 4.39 Å². The van der Waals surface area contributed by atoms with E-state index in [1.807, 2.05) is 9.80 Å². The topological polar surface area (TPSA) is 70.5 Å². The number of nitrogens with zero attached hydrogens (tertiary/aromatic N) is 4. The molecule has 8 heteroatoms. The normalized spacial score (nSPS) is 16.9. The van der Waals surface area contributed by atoms with Crippen LogP contribution in [0.5, 0.6) is 0 Å². The SMILES string of the molecule is CNC(=O)CN1CCN(C(=O)c2nn(-c3ccc(F)cc3)c3c2CCC3)CC1. The Morgan fingerprint density at radius 1 is 1.11 bits per heavy atom. The Labute approximate surface area is 163 Å². The van der Waals surface area contributed by atoms with Crippen molar-refractivity contribution in [3.05, 3.63) is 47.0 Å². The number of aromatic nitrogens is 2. The Bertz CT molecular complexity index is 885. The van der Waals surface area contributed by atoms with Gasteiger partial charge in [-0.3, -0.25) is 14.5 Å². The summed E-state index contributed by atoms with van der Waals surface area (Å²) in [6.07, 6.45) is 2.70. The predicted octanol–water partition coefficient (Wildman–Crippen LogP) is 1.00. The highest BCUT2D eigenvalue weighted by molar-refractivity contribution is 5.94. The zero-order valence-corrected chi connectivity index (χ0v) is 15.9. The van der Waals surface area contributed by atoms with Crippen LogP contribution in [0.3, 0.4) is 0 Å². The van der Waals surface area contributed by atoms with Crippen LogP contribution >= 0.6 is 0 Å². The Morgan fingerprint density at radius 2 is 1.82 bits per heavy atom. The van der Waals surface area contributed by atoms with Crippen LogP contribution in [-0.4, -0.2) is 71.2 Å². The van der Waals surface area contributed by atoms with E-state index in [-0.39, 0.29) is 17.6 Å². The third kappa shape index (κ3) is 3.52. The molecule has 0 saturated carbocycles. The van der Waals surface area contributed by atoms with Gasteiger partial charge in [0.1, 0.15) is 5.82 Å². The zero-order chi connectivity index (χ0) is 19.7. The van der Waals surface area contributed by atoms with Crippen molar-refractivity contribution in [1.29, 1.82) is 0 Å². The molecule has 0 unspecified atom stereocenters. The fourth-order valence-corrected chi connectivity index (χ4v) is 3.95. The van der Waals surface area contributed by atoms with Gasteiger partial charge in [0.05, 0.1) is 12.2 Å². The molecule has 0 bridgehead atoms. The maximum atomic E-state index is 13.3. The van der Waals surface area contributed by atoms with Crippen LogP contribution in [-0.2, 0) is 17.6 Å². The number of amides is 2. The smallest absolute Gasteiger partial charge is 0.274 e. The molecule has 1 aromatic carbocycles. The Kier molecular flexibility index (Phi) is 5.13. The van der Waals surface area contributed by atoms with Gasteiger partial charge in [-0.15, -0.1) is 0 Å². The maximum absolute atomic E-state index is 13.3. The lowest BCUT2D eigenvalue weighted by Gasteiger charge is -2.34. The number of nitrogens with one attached hydrogen (secondary N) is 1. The molecule has 2 amide bonds. The number of piperazine rings is 1. The minimum atomic E-state index is -0.293. The summed E-state index contributed by atoms with van der Waals surface area (Å²) in [7, 11) is 1.63. The number of benzene rings is 1. The first-order chi connectivity index (χ1) is 13.6. The lowest BCUT2D eigenvalue weighted by Crippen LogP contribution is -2.51. The molecule has 4 rings (SSSR count). The van der Waals surface area contributed by atoms with Gasteiger partial charge < -0.3 is 10.2 Å². The molecular formula is C20H24FN5O2. The Hall–Kier alpha value is -2.74. The van der Waals surface area contributed by atoms with Crippen molar-refractivity contribution in [2.24, 2.45) is 0 Å². The summed E-state index contributed by atoms with van der Waals surface area (Å²) in [6.45, 7) is 2.84. The molecule has 1 fully saturated rings. The standard InChI is InChI=1S/C20H24FN5O2/c1-22-18(27)13-24-9-11-25(12-10-24)20(28)19-16-3-2-4-17(16)26(23-19)15-7-5-14(21)6-8-15/h5-8H,2-4,9-13H2,1H3,(H,22,27). The fourth-order valence-electron chi connectivity index (χ4n) is 3.95. The summed E-state index contributed by atoms with van der Waals surface area (Å²) in [4.78, 5) is 28.5. The highest BCUT2D eigenvalue weighted by atomic mass is 19.1. The minimum absolute atomic E-state index is 0.0179. The van der Waals surface area contributed by atoms with Crippen molar-refractivity contribution in [3.63, 3.8) is 0 Å². The number of carbonyl (C=O) groups excluding carboxylic acids is 2. The first-order valence-corrected chi connectivity index (χ1v) is 9.65. The third-order valence-corrected chi connectivity index (χ3v) is 5.51. The summed E-state index contributed by atoms with van der Waals surface area (Å²) < 4.78 is 15.1. The van der Waals surface area contributed by atoms with E-state index in [2.05, 4.69) is 10.4 Å². The minimum Gasteiger partial charge on any atom is -0.358 e. The number of carbonyl (C=O) groups is 2. The van der Waals surface area contributed by atoms with Crippen LogP contribution < -0.4 is 5.32 Å². The molecule has 0 radical (unpaired) electrons. The van der Waals surface area contributed by atoms with E-state index < -0.39 is 0 Å². The van der Waals surface area contributed by atoms with Crippen LogP contribution in [0, 0.1) is 5.82 Å². The lowest BCUT2D eigenvalue weighted by atomic mass is 10.1. The van der Waals surface area contributed by atoms with E-state index in [1.54, 1.807) is 23.9 Å². The number of rotatable bonds is 4. The van der Waals surface area contributed by atoms with Crippen molar-refractivity contribution in [3.8, 4) is 5.69 Å². The van der Waals surface area contributed by atoms with Crippen molar-refractivity contribution in [2.75, 3.05) is 39.8 Å². The molecule has 1 aromatic heterocycles.